The highest BCUT2D eigenvalue weighted by Gasteiger charge is 2.58. The highest BCUT2D eigenvalue weighted by Crippen LogP contribution is 2.35. The number of rotatable bonds is 8. The number of hydrogen-bond acceptors (Lipinski definition) is 2. The summed E-state index contributed by atoms with van der Waals surface area (Å²) >= 11 is 0. The Bertz CT molecular complexity index is 965. The van der Waals surface area contributed by atoms with Crippen molar-refractivity contribution in [1.29, 1.82) is 0 Å². The van der Waals surface area contributed by atoms with Crippen LogP contribution < -0.4 is 10.1 Å². The summed E-state index contributed by atoms with van der Waals surface area (Å²) in [6.45, 7) is 1.41. The van der Waals surface area contributed by atoms with Crippen LogP contribution in [0.15, 0.2) is 48.7 Å². The van der Waals surface area contributed by atoms with Crippen molar-refractivity contribution in [1.82, 2.24) is 10.3 Å². The van der Waals surface area contributed by atoms with E-state index in [4.69, 9.17) is 0 Å². The molecule has 0 saturated carbocycles. The molecule has 156 valence electrons. The largest absolute Gasteiger partial charge is 0.487 e. The third kappa shape index (κ3) is 5.26. The van der Waals surface area contributed by atoms with Gasteiger partial charge in [-0.15, -0.1) is 0 Å². The Morgan fingerprint density at radius 3 is 2.59 bits per heavy atom. The molecule has 0 unspecified atom stereocenters. The molecule has 0 aliphatic rings. The number of benzene rings is 2. The minimum Gasteiger partial charge on any atom is -0.487 e. The van der Waals surface area contributed by atoms with Gasteiger partial charge < -0.3 is 15.0 Å². The average molecular weight is 412 g/mol. The lowest BCUT2D eigenvalue weighted by Crippen LogP contribution is -2.41. The molecule has 0 bridgehead atoms. The zero-order chi connectivity index (χ0) is 21.1. The predicted molar refractivity (Wildman–Crippen MR) is 101 cm³/mol. The normalized spacial score (nSPS) is 12.5. The summed E-state index contributed by atoms with van der Waals surface area (Å²) in [5, 5.41) is 4.42. The van der Waals surface area contributed by atoms with E-state index in [1.165, 1.54) is 28.6 Å². The zero-order valence-corrected chi connectivity index (χ0v) is 15.7. The monoisotopic (exact) mass is 412 g/mol. The van der Waals surface area contributed by atoms with Crippen LogP contribution in [-0.2, 0) is 13.0 Å². The van der Waals surface area contributed by atoms with E-state index in [1.807, 2.05) is 25.3 Å². The van der Waals surface area contributed by atoms with Gasteiger partial charge in [0.05, 0.1) is 0 Å². The summed E-state index contributed by atoms with van der Waals surface area (Å²) < 4.78 is 67.2. The maximum absolute atomic E-state index is 13.0. The third-order valence-corrected chi connectivity index (χ3v) is 4.56. The number of aryl methyl sites for hydroxylation is 1. The quantitative estimate of drug-likeness (QED) is 0.385. The standard InChI is InChI=1S/C21H21F5N2O/c1-14-5-6-19-18(9-14)16(12-28-19)7-8-27-11-15-3-2-4-17(10-15)29-13-20(22,23)21(24,25)26/h2-6,9-10,12,27-28H,7-8,11,13H2,1H3. The predicted octanol–water partition coefficient (Wildman–Crippen LogP) is 5.39. The van der Waals surface area contributed by atoms with Crippen LogP contribution in [0.1, 0.15) is 16.7 Å². The van der Waals surface area contributed by atoms with Crippen molar-refractivity contribution >= 4 is 10.9 Å². The van der Waals surface area contributed by atoms with Crippen molar-refractivity contribution < 1.29 is 26.7 Å². The minimum absolute atomic E-state index is 0.0275. The molecule has 29 heavy (non-hydrogen) atoms. The maximum atomic E-state index is 13.0. The van der Waals surface area contributed by atoms with Gasteiger partial charge in [-0.1, -0.05) is 23.8 Å². The van der Waals surface area contributed by atoms with E-state index in [-0.39, 0.29) is 5.75 Å². The van der Waals surface area contributed by atoms with Crippen molar-refractivity contribution in [3.8, 4) is 5.75 Å². The van der Waals surface area contributed by atoms with E-state index in [0.29, 0.717) is 13.1 Å². The van der Waals surface area contributed by atoms with Crippen molar-refractivity contribution in [2.75, 3.05) is 13.2 Å². The van der Waals surface area contributed by atoms with E-state index in [9.17, 15) is 22.0 Å². The number of hydrogen-bond donors (Lipinski definition) is 2. The van der Waals surface area contributed by atoms with Crippen LogP contribution in [-0.4, -0.2) is 30.2 Å². The number of nitrogens with one attached hydrogen (secondary N) is 2. The lowest BCUT2D eigenvalue weighted by molar-refractivity contribution is -0.290. The number of halogens is 5. The van der Waals surface area contributed by atoms with E-state index < -0.39 is 18.7 Å². The first-order valence-corrected chi connectivity index (χ1v) is 9.09. The van der Waals surface area contributed by atoms with Gasteiger partial charge in [0.2, 0.25) is 0 Å². The van der Waals surface area contributed by atoms with E-state index in [2.05, 4.69) is 21.1 Å². The Balaban J connectivity index is 1.51. The fourth-order valence-electron chi connectivity index (χ4n) is 2.96. The summed E-state index contributed by atoms with van der Waals surface area (Å²) in [4.78, 5) is 3.23. The van der Waals surface area contributed by atoms with Crippen LogP contribution in [0.2, 0.25) is 0 Å². The topological polar surface area (TPSA) is 37.0 Å². The van der Waals surface area contributed by atoms with Crippen LogP contribution in [0.5, 0.6) is 5.75 Å². The molecular weight excluding hydrogens is 391 g/mol. The molecule has 0 amide bonds. The number of fused-ring (bicyclic) bond motifs is 1. The maximum Gasteiger partial charge on any atom is 0.456 e. The molecule has 0 aliphatic heterocycles. The van der Waals surface area contributed by atoms with Gasteiger partial charge >= 0.3 is 12.1 Å². The zero-order valence-electron chi connectivity index (χ0n) is 15.7. The van der Waals surface area contributed by atoms with Gasteiger partial charge in [0.15, 0.2) is 6.61 Å². The molecule has 2 aromatic carbocycles. The molecular formula is C21H21F5N2O. The number of aromatic nitrogens is 1. The summed E-state index contributed by atoms with van der Waals surface area (Å²) in [7, 11) is 0. The molecule has 0 radical (unpaired) electrons. The first-order valence-electron chi connectivity index (χ1n) is 9.09. The van der Waals surface area contributed by atoms with Crippen molar-refractivity contribution in [2.24, 2.45) is 0 Å². The summed E-state index contributed by atoms with van der Waals surface area (Å²) in [6.07, 6.45) is -2.87. The van der Waals surface area contributed by atoms with Crippen molar-refractivity contribution in [2.45, 2.75) is 32.0 Å². The first kappa shape index (κ1) is 21.1. The van der Waals surface area contributed by atoms with Crippen molar-refractivity contribution in [3.63, 3.8) is 0 Å². The Hall–Kier alpha value is -2.61. The van der Waals surface area contributed by atoms with Gasteiger partial charge in [-0.2, -0.15) is 22.0 Å². The molecule has 2 N–H and O–H groups in total. The Morgan fingerprint density at radius 1 is 1.03 bits per heavy atom. The van der Waals surface area contributed by atoms with Gasteiger partial charge in [-0.25, -0.2) is 0 Å². The molecule has 3 nitrogen and oxygen atoms in total. The van der Waals surface area contributed by atoms with E-state index in [0.717, 1.165) is 17.5 Å². The molecule has 0 spiro atoms. The van der Waals surface area contributed by atoms with Crippen LogP contribution >= 0.6 is 0 Å². The number of alkyl halides is 5. The SMILES string of the molecule is Cc1ccc2[nH]cc(CCNCc3cccc(OCC(F)(F)C(F)(F)F)c3)c2c1. The molecule has 1 aromatic heterocycles. The summed E-state index contributed by atoms with van der Waals surface area (Å²) in [6, 6.07) is 12.3. The highest BCUT2D eigenvalue weighted by molar-refractivity contribution is 5.83. The van der Waals surface area contributed by atoms with Crippen LogP contribution in [0.4, 0.5) is 22.0 Å². The molecule has 0 atom stereocenters. The second-order valence-corrected chi connectivity index (χ2v) is 6.93. The smallest absolute Gasteiger partial charge is 0.456 e. The molecule has 0 fully saturated rings. The highest BCUT2D eigenvalue weighted by atomic mass is 19.4. The minimum atomic E-state index is -5.63. The number of aromatic amines is 1. The Morgan fingerprint density at radius 2 is 1.83 bits per heavy atom. The third-order valence-electron chi connectivity index (χ3n) is 4.56. The second kappa shape index (κ2) is 8.41. The number of H-pyrrole nitrogens is 1. The Labute approximate surface area is 164 Å². The Kier molecular flexibility index (Phi) is 6.12. The molecule has 1 heterocycles. The van der Waals surface area contributed by atoms with Gasteiger partial charge in [-0.05, 0) is 55.3 Å². The van der Waals surface area contributed by atoms with Crippen LogP contribution in [0, 0.1) is 6.92 Å². The van der Waals surface area contributed by atoms with E-state index in [1.54, 1.807) is 12.1 Å². The van der Waals surface area contributed by atoms with Crippen LogP contribution in [0.25, 0.3) is 10.9 Å². The molecule has 8 heteroatoms. The van der Waals surface area contributed by atoms with Crippen molar-refractivity contribution in [3.05, 3.63) is 65.4 Å². The summed E-state index contributed by atoms with van der Waals surface area (Å²) in [5.74, 6) is -4.92. The van der Waals surface area contributed by atoms with Gasteiger partial charge in [0.25, 0.3) is 0 Å². The molecule has 0 aliphatic carbocycles. The lowest BCUT2D eigenvalue weighted by Gasteiger charge is -2.20. The first-order chi connectivity index (χ1) is 13.7. The van der Waals surface area contributed by atoms with Crippen LogP contribution in [0.3, 0.4) is 0 Å². The molecule has 3 aromatic rings. The lowest BCUT2D eigenvalue weighted by atomic mass is 10.1. The average Bonchev–Trinajstić information content (AvgIpc) is 3.05. The molecule has 0 saturated heterocycles. The fourth-order valence-corrected chi connectivity index (χ4v) is 2.96. The van der Waals surface area contributed by atoms with Gasteiger partial charge in [0, 0.05) is 23.6 Å². The van der Waals surface area contributed by atoms with Gasteiger partial charge in [-0.3, -0.25) is 0 Å². The number of ether oxygens (including phenoxy) is 1. The molecule has 3 rings (SSSR count). The fraction of sp³-hybridized carbons (Fsp3) is 0.333. The summed E-state index contributed by atoms with van der Waals surface area (Å²) in [5.41, 5.74) is 4.17. The van der Waals surface area contributed by atoms with Gasteiger partial charge in [0.1, 0.15) is 5.75 Å². The van der Waals surface area contributed by atoms with E-state index >= 15 is 0 Å². The second-order valence-electron chi connectivity index (χ2n) is 6.93.